The van der Waals surface area contributed by atoms with Gasteiger partial charge in [0.2, 0.25) is 11.8 Å². The summed E-state index contributed by atoms with van der Waals surface area (Å²) in [6.45, 7) is 0. The van der Waals surface area contributed by atoms with Gasteiger partial charge in [-0.25, -0.2) is 32.5 Å². The number of aliphatic imine (C=N–C) groups is 2. The first-order valence-electron chi connectivity index (χ1n) is 10.1. The van der Waals surface area contributed by atoms with E-state index in [-0.39, 0.29) is 43.2 Å². The lowest BCUT2D eigenvalue weighted by atomic mass is 9.76. The molecule has 2 aliphatic carbocycles. The second kappa shape index (κ2) is 7.56. The second-order valence-electron chi connectivity index (χ2n) is 8.47. The lowest BCUT2D eigenvalue weighted by Crippen LogP contribution is -2.70. The van der Waals surface area contributed by atoms with Crippen molar-refractivity contribution < 1.29 is 30.7 Å². The number of hydrogen-bond acceptors (Lipinski definition) is 4. The van der Waals surface area contributed by atoms with Crippen LogP contribution < -0.4 is 16.4 Å². The van der Waals surface area contributed by atoms with Gasteiger partial charge in [-0.2, -0.15) is 13.2 Å². The van der Waals surface area contributed by atoms with Gasteiger partial charge in [-0.15, -0.1) is 0 Å². The third-order valence-electron chi connectivity index (χ3n) is 5.85. The predicted molar refractivity (Wildman–Crippen MR) is 101 cm³/mol. The lowest BCUT2D eigenvalue weighted by molar-refractivity contribution is -0.141. The SMILES string of the molecule is NC1(C2CC(F)(F)C2)N=C(c2cccc(C(F)(F)F)n2)NC(=NC2CCC(F)(F)CC2)N1. The van der Waals surface area contributed by atoms with E-state index in [0.29, 0.717) is 0 Å². The van der Waals surface area contributed by atoms with E-state index in [1.807, 2.05) is 0 Å². The molecular formula is C19H21F7N6. The Bertz CT molecular complexity index is 926. The highest BCUT2D eigenvalue weighted by atomic mass is 19.4. The third-order valence-corrected chi connectivity index (χ3v) is 5.85. The highest BCUT2D eigenvalue weighted by Crippen LogP contribution is 2.47. The van der Waals surface area contributed by atoms with Crippen LogP contribution in [-0.4, -0.2) is 40.5 Å². The minimum atomic E-state index is -4.70. The summed E-state index contributed by atoms with van der Waals surface area (Å²) in [7, 11) is 0. The van der Waals surface area contributed by atoms with Crippen LogP contribution in [0.25, 0.3) is 0 Å². The van der Waals surface area contributed by atoms with Crippen LogP contribution in [0.4, 0.5) is 30.7 Å². The maximum absolute atomic E-state index is 13.5. The summed E-state index contributed by atoms with van der Waals surface area (Å²) in [5, 5.41) is 5.44. The number of guanidine groups is 1. The molecule has 1 atom stereocenters. The number of halogens is 7. The van der Waals surface area contributed by atoms with Gasteiger partial charge in [0.05, 0.1) is 6.04 Å². The molecule has 2 saturated carbocycles. The minimum Gasteiger partial charge on any atom is -0.319 e. The van der Waals surface area contributed by atoms with E-state index in [1.165, 1.54) is 6.07 Å². The van der Waals surface area contributed by atoms with Gasteiger partial charge in [-0.3, -0.25) is 5.73 Å². The fourth-order valence-corrected chi connectivity index (χ4v) is 3.99. The van der Waals surface area contributed by atoms with Gasteiger partial charge in [0, 0.05) is 31.6 Å². The van der Waals surface area contributed by atoms with Crippen LogP contribution in [0.2, 0.25) is 0 Å². The lowest BCUT2D eigenvalue weighted by Gasteiger charge is -2.46. The number of hydrogen-bond donors (Lipinski definition) is 3. The molecule has 176 valence electrons. The first-order chi connectivity index (χ1) is 14.7. The number of aromatic nitrogens is 1. The molecule has 1 unspecified atom stereocenters. The number of pyridine rings is 1. The van der Waals surface area contributed by atoms with Crippen LogP contribution in [-0.2, 0) is 6.18 Å². The molecule has 0 aromatic carbocycles. The van der Waals surface area contributed by atoms with Gasteiger partial charge in [0.15, 0.2) is 17.6 Å². The zero-order valence-corrected chi connectivity index (χ0v) is 16.7. The van der Waals surface area contributed by atoms with Crippen molar-refractivity contribution >= 4 is 11.8 Å². The molecule has 13 heteroatoms. The van der Waals surface area contributed by atoms with E-state index in [0.717, 1.165) is 12.1 Å². The summed E-state index contributed by atoms with van der Waals surface area (Å²) in [5.41, 5.74) is 4.89. The van der Waals surface area contributed by atoms with E-state index in [1.54, 1.807) is 0 Å². The van der Waals surface area contributed by atoms with Crippen molar-refractivity contribution in [1.82, 2.24) is 15.6 Å². The minimum absolute atomic E-state index is 0.0258. The van der Waals surface area contributed by atoms with Crippen molar-refractivity contribution in [3.8, 4) is 0 Å². The van der Waals surface area contributed by atoms with Crippen LogP contribution in [0.3, 0.4) is 0 Å². The van der Waals surface area contributed by atoms with Gasteiger partial charge in [-0.05, 0) is 25.0 Å². The molecule has 2 heterocycles. The van der Waals surface area contributed by atoms with Crippen LogP contribution in [0.5, 0.6) is 0 Å². The zero-order valence-electron chi connectivity index (χ0n) is 16.7. The van der Waals surface area contributed by atoms with E-state index >= 15 is 0 Å². The average Bonchev–Trinajstić information content (AvgIpc) is 2.67. The van der Waals surface area contributed by atoms with Crippen LogP contribution in [0, 0.1) is 5.92 Å². The van der Waals surface area contributed by atoms with Gasteiger partial charge >= 0.3 is 6.18 Å². The monoisotopic (exact) mass is 466 g/mol. The largest absolute Gasteiger partial charge is 0.433 e. The summed E-state index contributed by atoms with van der Waals surface area (Å²) in [4.78, 5) is 12.1. The standard InChI is InChI=1S/C19H21F7N6/c20-16(21)6-4-11(5-7-16)28-15-30-14(12-2-1-3-13(29-12)18(24,25)26)31-19(27,32-15)10-8-17(22,23)9-10/h1-3,10-11H,4-9,27H2,(H2,28,30,31,32). The molecule has 3 aliphatic rings. The Labute approximate surface area is 178 Å². The number of nitrogens with one attached hydrogen (secondary N) is 2. The summed E-state index contributed by atoms with van der Waals surface area (Å²) < 4.78 is 93.1. The van der Waals surface area contributed by atoms with Crippen molar-refractivity contribution in [1.29, 1.82) is 0 Å². The van der Waals surface area contributed by atoms with E-state index in [4.69, 9.17) is 5.73 Å². The number of nitrogens with zero attached hydrogens (tertiary/aromatic N) is 3. The number of nitrogens with two attached hydrogens (primary N) is 1. The molecule has 1 aliphatic heterocycles. The zero-order chi connectivity index (χ0) is 23.4. The van der Waals surface area contributed by atoms with E-state index in [9.17, 15) is 30.7 Å². The molecule has 6 nitrogen and oxygen atoms in total. The Balaban J connectivity index is 1.65. The molecule has 1 aromatic rings. The summed E-state index contributed by atoms with van der Waals surface area (Å²) >= 11 is 0. The molecule has 0 saturated heterocycles. The maximum Gasteiger partial charge on any atom is 0.433 e. The molecular weight excluding hydrogens is 445 g/mol. The van der Waals surface area contributed by atoms with Gasteiger partial charge in [0.25, 0.3) is 0 Å². The number of amidine groups is 1. The molecule has 4 rings (SSSR count). The smallest absolute Gasteiger partial charge is 0.319 e. The third kappa shape index (κ3) is 4.81. The van der Waals surface area contributed by atoms with Crippen molar-refractivity contribution in [2.45, 2.75) is 68.4 Å². The Hall–Kier alpha value is -2.44. The van der Waals surface area contributed by atoms with Crippen molar-refractivity contribution in [2.75, 3.05) is 0 Å². The van der Waals surface area contributed by atoms with Crippen LogP contribution >= 0.6 is 0 Å². The average molecular weight is 466 g/mol. The van der Waals surface area contributed by atoms with Gasteiger partial charge in [0.1, 0.15) is 11.4 Å². The fourth-order valence-electron chi connectivity index (χ4n) is 3.99. The highest BCUT2D eigenvalue weighted by Gasteiger charge is 2.55. The Morgan fingerprint density at radius 1 is 1.03 bits per heavy atom. The van der Waals surface area contributed by atoms with Crippen LogP contribution in [0.1, 0.15) is 49.9 Å². The van der Waals surface area contributed by atoms with Gasteiger partial charge in [-0.1, -0.05) is 6.07 Å². The first kappa shape index (κ1) is 22.7. The Morgan fingerprint density at radius 2 is 1.69 bits per heavy atom. The Morgan fingerprint density at radius 3 is 2.28 bits per heavy atom. The molecule has 0 radical (unpaired) electrons. The summed E-state index contributed by atoms with van der Waals surface area (Å²) in [6.07, 6.45) is -6.36. The molecule has 2 fully saturated rings. The Kier molecular flexibility index (Phi) is 5.37. The normalized spacial score (nSPS) is 29.6. The number of rotatable bonds is 3. The molecule has 32 heavy (non-hydrogen) atoms. The maximum atomic E-state index is 13.5. The molecule has 1 aromatic heterocycles. The topological polar surface area (TPSA) is 87.7 Å². The quantitative estimate of drug-likeness (QED) is 0.594. The molecule has 4 N–H and O–H groups in total. The van der Waals surface area contributed by atoms with E-state index < -0.39 is 54.3 Å². The first-order valence-corrected chi connectivity index (χ1v) is 10.1. The highest BCUT2D eigenvalue weighted by molar-refractivity contribution is 6.09. The number of alkyl halides is 7. The molecule has 0 amide bonds. The molecule has 0 bridgehead atoms. The van der Waals surface area contributed by atoms with Gasteiger partial charge < -0.3 is 10.6 Å². The van der Waals surface area contributed by atoms with E-state index in [2.05, 4.69) is 25.6 Å². The van der Waals surface area contributed by atoms with Crippen molar-refractivity contribution in [3.63, 3.8) is 0 Å². The van der Waals surface area contributed by atoms with Crippen molar-refractivity contribution in [2.24, 2.45) is 21.6 Å². The van der Waals surface area contributed by atoms with Crippen molar-refractivity contribution in [3.05, 3.63) is 29.6 Å². The van der Waals surface area contributed by atoms with Crippen LogP contribution in [0.15, 0.2) is 28.2 Å². The predicted octanol–water partition coefficient (Wildman–Crippen LogP) is 3.63. The summed E-state index contributed by atoms with van der Waals surface area (Å²) in [6, 6.07) is 2.68. The summed E-state index contributed by atoms with van der Waals surface area (Å²) in [5.74, 6) is -8.47. The molecule has 0 spiro atoms. The second-order valence-corrected chi connectivity index (χ2v) is 8.47. The fraction of sp³-hybridized carbons (Fsp3) is 0.632.